The number of nitrogens with zero attached hydrogens (tertiary/aromatic N) is 5. The first-order valence-electron chi connectivity index (χ1n) is 5.96. The number of Topliss-reactive ketones (excluding diaryl/α,β-unsaturated/α-hetero) is 1. The number of carbonyl (C=O) groups excluding carboxylic acids is 1. The van der Waals surface area contributed by atoms with Gasteiger partial charge in [0.2, 0.25) is 5.16 Å². The number of fused-ring (bicyclic) bond motifs is 3. The molecule has 2 heterocycles. The second-order valence-corrected chi connectivity index (χ2v) is 5.55. The van der Waals surface area contributed by atoms with Gasteiger partial charge in [-0.05, 0) is 12.3 Å². The van der Waals surface area contributed by atoms with Crippen molar-refractivity contribution in [3.63, 3.8) is 0 Å². The summed E-state index contributed by atoms with van der Waals surface area (Å²) in [7, 11) is 0. The molecule has 0 saturated heterocycles. The van der Waals surface area contributed by atoms with Gasteiger partial charge in [-0.15, -0.1) is 5.10 Å². The normalized spacial score (nSPS) is 18.3. The van der Waals surface area contributed by atoms with E-state index in [1.807, 2.05) is 6.07 Å². The molecule has 2 aromatic heterocycles. The predicted octanol–water partition coefficient (Wildman–Crippen LogP) is 1.50. The molecule has 0 aliphatic heterocycles. The van der Waals surface area contributed by atoms with E-state index >= 15 is 0 Å². The summed E-state index contributed by atoms with van der Waals surface area (Å²) in [5.41, 5.74) is 1.53. The molecule has 2 aromatic rings. The standard InChI is InChI=1S/C12H11N5OS/c1-7-4-9-8(10(18)5-7)6-14-11-15-12(16-17(9)11)19-3-2-13/h6-7H,3-5H2,1H3. The molecule has 1 atom stereocenters. The van der Waals surface area contributed by atoms with E-state index in [2.05, 4.69) is 22.0 Å². The van der Waals surface area contributed by atoms with Crippen LogP contribution in [-0.4, -0.2) is 31.1 Å². The van der Waals surface area contributed by atoms with E-state index in [1.165, 1.54) is 11.8 Å². The Kier molecular flexibility index (Phi) is 2.95. The minimum absolute atomic E-state index is 0.116. The van der Waals surface area contributed by atoms with Gasteiger partial charge in [-0.3, -0.25) is 4.79 Å². The summed E-state index contributed by atoms with van der Waals surface area (Å²) in [6.45, 7) is 2.05. The van der Waals surface area contributed by atoms with Crippen molar-refractivity contribution in [2.75, 3.05) is 5.75 Å². The number of rotatable bonds is 2. The first-order chi connectivity index (χ1) is 9.19. The Morgan fingerprint density at radius 1 is 1.58 bits per heavy atom. The maximum atomic E-state index is 12.0. The highest BCUT2D eigenvalue weighted by molar-refractivity contribution is 7.99. The summed E-state index contributed by atoms with van der Waals surface area (Å²) in [6.07, 6.45) is 2.95. The molecule has 0 fully saturated rings. The third-order valence-electron chi connectivity index (χ3n) is 3.09. The van der Waals surface area contributed by atoms with Crippen LogP contribution in [0.25, 0.3) is 5.78 Å². The van der Waals surface area contributed by atoms with Gasteiger partial charge in [0.25, 0.3) is 5.78 Å². The summed E-state index contributed by atoms with van der Waals surface area (Å²) in [5, 5.41) is 13.4. The van der Waals surface area contributed by atoms with Crippen molar-refractivity contribution in [2.24, 2.45) is 5.92 Å². The van der Waals surface area contributed by atoms with Crippen LogP contribution in [0.5, 0.6) is 0 Å². The molecule has 0 N–H and O–H groups in total. The summed E-state index contributed by atoms with van der Waals surface area (Å²) in [4.78, 5) is 20.4. The molecule has 0 amide bonds. The Bertz CT molecular complexity index is 702. The number of hydrogen-bond donors (Lipinski definition) is 0. The Morgan fingerprint density at radius 3 is 3.21 bits per heavy atom. The lowest BCUT2D eigenvalue weighted by atomic mass is 9.88. The average Bonchev–Trinajstić information content (AvgIpc) is 2.79. The molecule has 0 bridgehead atoms. The minimum atomic E-state index is 0.116. The molecule has 0 spiro atoms. The van der Waals surface area contributed by atoms with Gasteiger partial charge < -0.3 is 0 Å². The minimum Gasteiger partial charge on any atom is -0.294 e. The van der Waals surface area contributed by atoms with Crippen molar-refractivity contribution in [3.05, 3.63) is 17.5 Å². The maximum Gasteiger partial charge on any atom is 0.253 e. The lowest BCUT2D eigenvalue weighted by Crippen LogP contribution is -2.21. The fraction of sp³-hybridized carbons (Fsp3) is 0.417. The van der Waals surface area contributed by atoms with Gasteiger partial charge in [0.15, 0.2) is 5.78 Å². The van der Waals surface area contributed by atoms with Crippen LogP contribution in [-0.2, 0) is 6.42 Å². The van der Waals surface area contributed by atoms with Crippen LogP contribution in [0.15, 0.2) is 11.4 Å². The molecule has 96 valence electrons. The fourth-order valence-corrected chi connectivity index (χ4v) is 2.76. The topological polar surface area (TPSA) is 83.9 Å². The van der Waals surface area contributed by atoms with Gasteiger partial charge in [-0.2, -0.15) is 14.8 Å². The quantitative estimate of drug-likeness (QED) is 0.771. The highest BCUT2D eigenvalue weighted by Crippen LogP contribution is 2.25. The van der Waals surface area contributed by atoms with E-state index in [1.54, 1.807) is 10.7 Å². The summed E-state index contributed by atoms with van der Waals surface area (Å²) >= 11 is 1.27. The molecular weight excluding hydrogens is 262 g/mol. The molecule has 1 unspecified atom stereocenters. The van der Waals surface area contributed by atoms with Crippen molar-refractivity contribution in [3.8, 4) is 6.07 Å². The van der Waals surface area contributed by atoms with Crippen LogP contribution in [0.4, 0.5) is 0 Å². The molecule has 0 aromatic carbocycles. The van der Waals surface area contributed by atoms with Crippen LogP contribution in [0.1, 0.15) is 29.4 Å². The van der Waals surface area contributed by atoms with Crippen molar-refractivity contribution in [2.45, 2.75) is 24.9 Å². The molecule has 7 heteroatoms. The van der Waals surface area contributed by atoms with Gasteiger partial charge >= 0.3 is 0 Å². The zero-order valence-electron chi connectivity index (χ0n) is 10.3. The van der Waals surface area contributed by atoms with Crippen LogP contribution >= 0.6 is 11.8 Å². The van der Waals surface area contributed by atoms with Crippen molar-refractivity contribution in [1.82, 2.24) is 19.6 Å². The molecule has 1 aliphatic carbocycles. The second kappa shape index (κ2) is 4.63. The molecule has 1 aliphatic rings. The van der Waals surface area contributed by atoms with E-state index in [4.69, 9.17) is 5.26 Å². The van der Waals surface area contributed by atoms with Crippen LogP contribution in [0.2, 0.25) is 0 Å². The SMILES string of the molecule is CC1CC(=O)c2cnc3nc(SCC#N)nn3c2C1. The molecular formula is C12H11N5OS. The lowest BCUT2D eigenvalue weighted by molar-refractivity contribution is 0.0951. The fourth-order valence-electron chi connectivity index (χ4n) is 2.28. The molecule has 0 saturated carbocycles. The monoisotopic (exact) mass is 273 g/mol. The summed E-state index contributed by atoms with van der Waals surface area (Å²) < 4.78 is 1.64. The average molecular weight is 273 g/mol. The highest BCUT2D eigenvalue weighted by atomic mass is 32.2. The van der Waals surface area contributed by atoms with Crippen LogP contribution < -0.4 is 0 Å². The molecule has 3 rings (SSSR count). The Balaban J connectivity index is 2.11. The van der Waals surface area contributed by atoms with E-state index in [9.17, 15) is 4.79 Å². The molecule has 6 nitrogen and oxygen atoms in total. The summed E-state index contributed by atoms with van der Waals surface area (Å²) in [6, 6.07) is 2.04. The first kappa shape index (κ1) is 12.1. The number of thioether (sulfide) groups is 1. The number of carbonyl (C=O) groups is 1. The Morgan fingerprint density at radius 2 is 2.42 bits per heavy atom. The Labute approximate surface area is 113 Å². The van der Waals surface area contributed by atoms with Gasteiger partial charge in [-0.1, -0.05) is 18.7 Å². The highest BCUT2D eigenvalue weighted by Gasteiger charge is 2.26. The third-order valence-corrected chi connectivity index (χ3v) is 3.79. The van der Waals surface area contributed by atoms with Crippen molar-refractivity contribution < 1.29 is 4.79 Å². The van der Waals surface area contributed by atoms with Gasteiger partial charge in [0, 0.05) is 12.6 Å². The summed E-state index contributed by atoms with van der Waals surface area (Å²) in [5.74, 6) is 1.21. The number of hydrogen-bond acceptors (Lipinski definition) is 6. The van der Waals surface area contributed by atoms with Crippen LogP contribution in [0.3, 0.4) is 0 Å². The van der Waals surface area contributed by atoms with E-state index < -0.39 is 0 Å². The van der Waals surface area contributed by atoms with Crippen molar-refractivity contribution in [1.29, 1.82) is 5.26 Å². The first-order valence-corrected chi connectivity index (χ1v) is 6.95. The molecule has 19 heavy (non-hydrogen) atoms. The third kappa shape index (κ3) is 2.08. The number of ketones is 1. The lowest BCUT2D eigenvalue weighted by Gasteiger charge is -2.19. The van der Waals surface area contributed by atoms with Gasteiger partial charge in [0.1, 0.15) is 0 Å². The van der Waals surface area contributed by atoms with E-state index in [0.717, 1.165) is 12.1 Å². The number of aromatic nitrogens is 4. The number of nitriles is 1. The van der Waals surface area contributed by atoms with Crippen molar-refractivity contribution >= 4 is 23.3 Å². The predicted molar refractivity (Wildman–Crippen MR) is 68.9 cm³/mol. The van der Waals surface area contributed by atoms with Crippen LogP contribution in [0, 0.1) is 17.2 Å². The van der Waals surface area contributed by atoms with Gasteiger partial charge in [0.05, 0.1) is 23.1 Å². The largest absolute Gasteiger partial charge is 0.294 e. The van der Waals surface area contributed by atoms with E-state index in [0.29, 0.717) is 34.6 Å². The molecule has 0 radical (unpaired) electrons. The van der Waals surface area contributed by atoms with E-state index in [-0.39, 0.29) is 5.78 Å². The smallest absolute Gasteiger partial charge is 0.253 e. The van der Waals surface area contributed by atoms with Gasteiger partial charge in [-0.25, -0.2) is 4.98 Å². The zero-order valence-corrected chi connectivity index (χ0v) is 11.1. The maximum absolute atomic E-state index is 12.0. The second-order valence-electron chi connectivity index (χ2n) is 4.61. The Hall–Kier alpha value is -1.94. The zero-order chi connectivity index (χ0) is 13.4.